The zero-order chi connectivity index (χ0) is 10.7. The molecule has 1 aliphatic heterocycles. The first-order chi connectivity index (χ1) is 7.28. The highest BCUT2D eigenvalue weighted by atomic mass is 16.5. The fourth-order valence-corrected chi connectivity index (χ4v) is 2.59. The van der Waals surface area contributed by atoms with Crippen LogP contribution < -0.4 is 5.73 Å². The van der Waals surface area contributed by atoms with Crippen LogP contribution in [0.5, 0.6) is 0 Å². The van der Waals surface area contributed by atoms with E-state index in [1.807, 2.05) is 6.08 Å². The van der Waals surface area contributed by atoms with Crippen molar-refractivity contribution in [3.05, 3.63) is 11.8 Å². The highest BCUT2D eigenvalue weighted by Crippen LogP contribution is 2.38. The van der Waals surface area contributed by atoms with Crippen LogP contribution in [0.25, 0.3) is 0 Å². The number of hydrogen-bond acceptors (Lipinski definition) is 3. The van der Waals surface area contributed by atoms with E-state index < -0.39 is 0 Å². The maximum atomic E-state index is 12.3. The van der Waals surface area contributed by atoms with Crippen molar-refractivity contribution in [3.63, 3.8) is 0 Å². The first-order valence-electron chi connectivity index (χ1n) is 5.86. The molecule has 0 spiro atoms. The van der Waals surface area contributed by atoms with Crippen molar-refractivity contribution in [2.75, 3.05) is 13.2 Å². The minimum absolute atomic E-state index is 0.155. The summed E-state index contributed by atoms with van der Waals surface area (Å²) >= 11 is 0. The van der Waals surface area contributed by atoms with E-state index in [9.17, 15) is 4.79 Å². The third kappa shape index (κ3) is 1.93. The molecule has 84 valence electrons. The molecule has 0 atom stereocenters. The summed E-state index contributed by atoms with van der Waals surface area (Å²) in [5.74, 6) is 0.726. The van der Waals surface area contributed by atoms with Gasteiger partial charge in [0.15, 0.2) is 5.76 Å². The van der Waals surface area contributed by atoms with Gasteiger partial charge in [-0.05, 0) is 18.9 Å². The number of nitrogens with two attached hydrogens (primary N) is 1. The summed E-state index contributed by atoms with van der Waals surface area (Å²) in [5, 5.41) is 0. The molecule has 1 heterocycles. The fraction of sp³-hybridized carbons (Fsp3) is 0.750. The molecule has 15 heavy (non-hydrogen) atoms. The predicted molar refractivity (Wildman–Crippen MR) is 58.2 cm³/mol. The Bertz CT molecular complexity index is 277. The highest BCUT2D eigenvalue weighted by molar-refractivity contribution is 5.98. The molecule has 1 aliphatic carbocycles. The summed E-state index contributed by atoms with van der Waals surface area (Å²) in [6.07, 6.45) is 8.11. The second-order valence-corrected chi connectivity index (χ2v) is 4.58. The highest BCUT2D eigenvalue weighted by Gasteiger charge is 2.40. The lowest BCUT2D eigenvalue weighted by atomic mass is 9.70. The predicted octanol–water partition coefficient (Wildman–Crippen LogP) is 1.77. The molecule has 0 aromatic carbocycles. The van der Waals surface area contributed by atoms with Gasteiger partial charge in [-0.25, -0.2) is 0 Å². The lowest BCUT2D eigenvalue weighted by molar-refractivity contribution is -0.129. The number of carbonyl (C=O) groups is 1. The van der Waals surface area contributed by atoms with Crippen molar-refractivity contribution >= 4 is 5.78 Å². The van der Waals surface area contributed by atoms with Gasteiger partial charge >= 0.3 is 0 Å². The Morgan fingerprint density at radius 1 is 1.40 bits per heavy atom. The smallest absolute Gasteiger partial charge is 0.204 e. The SMILES string of the molecule is NCC1(C(=O)C2=CCCO2)CCCCC1. The van der Waals surface area contributed by atoms with Crippen LogP contribution in [0.15, 0.2) is 11.8 Å². The lowest BCUT2D eigenvalue weighted by Gasteiger charge is -2.34. The summed E-state index contributed by atoms with van der Waals surface area (Å²) in [6.45, 7) is 1.12. The van der Waals surface area contributed by atoms with Crippen molar-refractivity contribution in [1.29, 1.82) is 0 Å². The molecule has 0 aromatic heterocycles. The van der Waals surface area contributed by atoms with Crippen LogP contribution in [0.4, 0.5) is 0 Å². The Morgan fingerprint density at radius 2 is 2.13 bits per heavy atom. The Hall–Kier alpha value is -0.830. The van der Waals surface area contributed by atoms with Crippen LogP contribution in [0.2, 0.25) is 0 Å². The van der Waals surface area contributed by atoms with E-state index >= 15 is 0 Å². The van der Waals surface area contributed by atoms with Gasteiger partial charge < -0.3 is 10.5 Å². The third-order valence-corrected chi connectivity index (χ3v) is 3.61. The second kappa shape index (κ2) is 4.35. The van der Waals surface area contributed by atoms with E-state index in [0.29, 0.717) is 18.9 Å². The van der Waals surface area contributed by atoms with Crippen molar-refractivity contribution in [3.8, 4) is 0 Å². The van der Waals surface area contributed by atoms with Gasteiger partial charge in [-0.1, -0.05) is 19.3 Å². The first kappa shape index (κ1) is 10.7. The molecular formula is C12H19NO2. The summed E-state index contributed by atoms with van der Waals surface area (Å²) in [5.41, 5.74) is 5.49. The number of Topliss-reactive ketones (excluding diaryl/α,β-unsaturated/α-hetero) is 1. The van der Waals surface area contributed by atoms with Crippen LogP contribution >= 0.6 is 0 Å². The van der Waals surface area contributed by atoms with Gasteiger partial charge in [0.25, 0.3) is 0 Å². The summed E-state index contributed by atoms with van der Waals surface area (Å²) in [7, 11) is 0. The number of allylic oxidation sites excluding steroid dienone is 1. The average molecular weight is 209 g/mol. The number of hydrogen-bond donors (Lipinski definition) is 1. The monoisotopic (exact) mass is 209 g/mol. The van der Waals surface area contributed by atoms with Gasteiger partial charge in [0.1, 0.15) is 0 Å². The van der Waals surface area contributed by atoms with Gasteiger partial charge in [-0.3, -0.25) is 4.79 Å². The summed E-state index contributed by atoms with van der Waals surface area (Å²) in [6, 6.07) is 0. The standard InChI is InChI=1S/C12H19NO2/c13-9-12(6-2-1-3-7-12)11(14)10-5-4-8-15-10/h5H,1-4,6-9,13H2. The van der Waals surface area contributed by atoms with Crippen LogP contribution in [0.1, 0.15) is 38.5 Å². The molecule has 0 unspecified atom stereocenters. The molecule has 0 bridgehead atoms. The normalized spacial score (nSPS) is 24.5. The molecule has 2 rings (SSSR count). The van der Waals surface area contributed by atoms with Crippen LogP contribution in [0.3, 0.4) is 0 Å². The number of ether oxygens (including phenoxy) is 1. The van der Waals surface area contributed by atoms with E-state index in [1.165, 1.54) is 6.42 Å². The quantitative estimate of drug-likeness (QED) is 0.770. The Morgan fingerprint density at radius 3 is 2.67 bits per heavy atom. The second-order valence-electron chi connectivity index (χ2n) is 4.58. The van der Waals surface area contributed by atoms with E-state index in [-0.39, 0.29) is 11.2 Å². The number of carbonyl (C=O) groups excluding carboxylic acids is 1. The topological polar surface area (TPSA) is 52.3 Å². The molecule has 1 fully saturated rings. The molecule has 2 N–H and O–H groups in total. The van der Waals surface area contributed by atoms with Crippen molar-refractivity contribution in [2.45, 2.75) is 38.5 Å². The molecule has 3 heteroatoms. The average Bonchev–Trinajstić information content (AvgIpc) is 2.82. The zero-order valence-corrected chi connectivity index (χ0v) is 9.13. The van der Waals surface area contributed by atoms with Gasteiger partial charge in [0.05, 0.1) is 6.61 Å². The Labute approximate surface area is 90.7 Å². The maximum Gasteiger partial charge on any atom is 0.204 e. The van der Waals surface area contributed by atoms with Gasteiger partial charge in [0, 0.05) is 18.4 Å². The van der Waals surface area contributed by atoms with E-state index in [4.69, 9.17) is 10.5 Å². The van der Waals surface area contributed by atoms with Crippen LogP contribution in [-0.4, -0.2) is 18.9 Å². The Balaban J connectivity index is 2.13. The number of ketones is 1. The summed E-state index contributed by atoms with van der Waals surface area (Å²) < 4.78 is 5.35. The molecule has 0 radical (unpaired) electrons. The van der Waals surface area contributed by atoms with Crippen molar-refractivity contribution < 1.29 is 9.53 Å². The molecule has 1 saturated carbocycles. The minimum Gasteiger partial charge on any atom is -0.490 e. The van der Waals surface area contributed by atoms with Crippen molar-refractivity contribution in [1.82, 2.24) is 0 Å². The van der Waals surface area contributed by atoms with Gasteiger partial charge in [0.2, 0.25) is 5.78 Å². The molecule has 3 nitrogen and oxygen atoms in total. The van der Waals surface area contributed by atoms with Gasteiger partial charge in [-0.15, -0.1) is 0 Å². The van der Waals surface area contributed by atoms with Crippen LogP contribution in [0, 0.1) is 5.41 Å². The largest absolute Gasteiger partial charge is 0.490 e. The molecular weight excluding hydrogens is 190 g/mol. The maximum absolute atomic E-state index is 12.3. The molecule has 2 aliphatic rings. The van der Waals surface area contributed by atoms with E-state index in [0.717, 1.165) is 32.1 Å². The fourth-order valence-electron chi connectivity index (χ4n) is 2.59. The third-order valence-electron chi connectivity index (χ3n) is 3.61. The number of rotatable bonds is 3. The first-order valence-corrected chi connectivity index (χ1v) is 5.86. The minimum atomic E-state index is -0.311. The summed E-state index contributed by atoms with van der Waals surface area (Å²) in [4.78, 5) is 12.3. The lowest BCUT2D eigenvalue weighted by Crippen LogP contribution is -2.41. The van der Waals surface area contributed by atoms with Crippen LogP contribution in [-0.2, 0) is 9.53 Å². The Kier molecular flexibility index (Phi) is 3.10. The molecule has 0 saturated heterocycles. The molecule has 0 aromatic rings. The van der Waals surface area contributed by atoms with E-state index in [1.54, 1.807) is 0 Å². The zero-order valence-electron chi connectivity index (χ0n) is 9.13. The molecule has 0 amide bonds. The van der Waals surface area contributed by atoms with E-state index in [2.05, 4.69) is 0 Å². The van der Waals surface area contributed by atoms with Gasteiger partial charge in [-0.2, -0.15) is 0 Å². The van der Waals surface area contributed by atoms with Crippen molar-refractivity contribution in [2.24, 2.45) is 11.1 Å².